The number of halogens is 1. The number of hydrogen-bond donors (Lipinski definition) is 1. The molecule has 0 amide bonds. The Morgan fingerprint density at radius 3 is 2.73 bits per heavy atom. The molecule has 0 bridgehead atoms. The highest BCUT2D eigenvalue weighted by Crippen LogP contribution is 2.35. The van der Waals surface area contributed by atoms with Gasteiger partial charge in [-0.25, -0.2) is 14.4 Å². The highest BCUT2D eigenvalue weighted by molar-refractivity contribution is 5.96. The number of fused-ring (bicyclic) bond motifs is 1. The van der Waals surface area contributed by atoms with Crippen LogP contribution in [0.5, 0.6) is 5.75 Å². The highest BCUT2D eigenvalue weighted by atomic mass is 19.1. The van der Waals surface area contributed by atoms with E-state index in [1.54, 1.807) is 13.0 Å². The first-order valence-electron chi connectivity index (χ1n) is 10.8. The third-order valence-electron chi connectivity index (χ3n) is 5.47. The van der Waals surface area contributed by atoms with Crippen molar-refractivity contribution in [2.45, 2.75) is 38.8 Å². The van der Waals surface area contributed by atoms with Crippen molar-refractivity contribution in [3.63, 3.8) is 0 Å². The van der Waals surface area contributed by atoms with E-state index in [0.29, 0.717) is 47.7 Å². The summed E-state index contributed by atoms with van der Waals surface area (Å²) in [7, 11) is 0. The molecule has 1 N–H and O–H groups in total. The first-order valence-corrected chi connectivity index (χ1v) is 10.8. The maximum atomic E-state index is 13.5. The molecule has 1 fully saturated rings. The molecule has 0 saturated carbocycles. The fraction of sp³-hybridized carbons (Fsp3) is 0.348. The number of nitrogens with zero attached hydrogens (tertiary/aromatic N) is 5. The Morgan fingerprint density at radius 1 is 1.15 bits per heavy atom. The number of ether oxygens (including phenoxy) is 2. The van der Waals surface area contributed by atoms with Gasteiger partial charge in [-0.1, -0.05) is 5.16 Å². The minimum Gasteiger partial charge on any atom is -0.488 e. The summed E-state index contributed by atoms with van der Waals surface area (Å²) in [4.78, 5) is 17.5. The zero-order chi connectivity index (χ0) is 22.8. The molecule has 9 nitrogen and oxygen atoms in total. The van der Waals surface area contributed by atoms with Crippen molar-refractivity contribution in [3.05, 3.63) is 54.3 Å². The summed E-state index contributed by atoms with van der Waals surface area (Å²) in [6.07, 6.45) is 4.30. The van der Waals surface area contributed by atoms with E-state index in [1.807, 2.05) is 19.1 Å². The molecule has 1 aliphatic heterocycles. The standard InChI is InChI=1S/C23H23FN6O3/c1-13(22-29-14(2)33-30-22)28-23-18-9-15(19-4-3-16(24)11-25-19)10-20(21(18)26-12-27-23)32-17-5-7-31-8-6-17/h3-4,9-13,17H,5-8H2,1-2H3,(H,26,27,28)/t13-/m1/s1. The second-order valence-electron chi connectivity index (χ2n) is 7.92. The van der Waals surface area contributed by atoms with Crippen molar-refractivity contribution in [2.24, 2.45) is 0 Å². The van der Waals surface area contributed by atoms with Gasteiger partial charge in [0, 0.05) is 30.7 Å². The van der Waals surface area contributed by atoms with E-state index >= 15 is 0 Å². The minimum atomic E-state index is -0.395. The van der Waals surface area contributed by atoms with E-state index in [1.165, 1.54) is 18.6 Å². The van der Waals surface area contributed by atoms with E-state index in [2.05, 4.69) is 30.4 Å². The van der Waals surface area contributed by atoms with E-state index in [0.717, 1.165) is 23.8 Å². The van der Waals surface area contributed by atoms with Crippen LogP contribution in [0.25, 0.3) is 22.2 Å². The van der Waals surface area contributed by atoms with E-state index < -0.39 is 5.82 Å². The summed E-state index contributed by atoms with van der Waals surface area (Å²) in [5, 5.41) is 8.07. The predicted octanol–water partition coefficient (Wildman–Crippen LogP) is 4.25. The SMILES string of the molecule is Cc1nc([C@@H](C)Nc2ncnc3c(OC4CCOCC4)cc(-c4ccc(F)cn4)cc23)no1. The molecule has 0 aliphatic carbocycles. The van der Waals surface area contributed by atoms with Crippen LogP contribution in [0.1, 0.15) is 37.5 Å². The quantitative estimate of drug-likeness (QED) is 0.461. The molecule has 1 aromatic carbocycles. The molecular weight excluding hydrogens is 427 g/mol. The van der Waals surface area contributed by atoms with Gasteiger partial charge in [0.05, 0.1) is 31.1 Å². The molecule has 10 heteroatoms. The van der Waals surface area contributed by atoms with Crippen LogP contribution in [0.3, 0.4) is 0 Å². The summed E-state index contributed by atoms with van der Waals surface area (Å²) in [6.45, 7) is 4.98. The van der Waals surface area contributed by atoms with E-state index in [9.17, 15) is 4.39 Å². The van der Waals surface area contributed by atoms with Gasteiger partial charge in [-0.2, -0.15) is 4.98 Å². The maximum Gasteiger partial charge on any atom is 0.223 e. The molecule has 1 saturated heterocycles. The van der Waals surface area contributed by atoms with Crippen LogP contribution < -0.4 is 10.1 Å². The number of aromatic nitrogens is 5. The van der Waals surface area contributed by atoms with Crippen molar-refractivity contribution >= 4 is 16.7 Å². The number of pyridine rings is 1. The Kier molecular flexibility index (Phi) is 5.82. The molecule has 1 aliphatic rings. The monoisotopic (exact) mass is 450 g/mol. The molecular formula is C23H23FN6O3. The van der Waals surface area contributed by atoms with Crippen LogP contribution >= 0.6 is 0 Å². The maximum absolute atomic E-state index is 13.5. The average molecular weight is 450 g/mol. The van der Waals surface area contributed by atoms with E-state index in [-0.39, 0.29) is 12.1 Å². The van der Waals surface area contributed by atoms with Gasteiger partial charge in [0.1, 0.15) is 35.3 Å². The van der Waals surface area contributed by atoms with Crippen molar-refractivity contribution in [2.75, 3.05) is 18.5 Å². The first kappa shape index (κ1) is 21.2. The topological polar surface area (TPSA) is 108 Å². The predicted molar refractivity (Wildman–Crippen MR) is 118 cm³/mol. The number of aryl methyl sites for hydroxylation is 1. The summed E-state index contributed by atoms with van der Waals surface area (Å²) < 4.78 is 30.4. The van der Waals surface area contributed by atoms with Gasteiger partial charge in [-0.15, -0.1) is 0 Å². The van der Waals surface area contributed by atoms with Gasteiger partial charge in [-0.05, 0) is 31.2 Å². The van der Waals surface area contributed by atoms with Gasteiger partial charge in [0.15, 0.2) is 5.82 Å². The van der Waals surface area contributed by atoms with Crippen molar-refractivity contribution in [1.82, 2.24) is 25.1 Å². The molecule has 170 valence electrons. The Balaban J connectivity index is 1.58. The van der Waals surface area contributed by atoms with Crippen LogP contribution in [0.15, 0.2) is 41.3 Å². The summed E-state index contributed by atoms with van der Waals surface area (Å²) in [6, 6.07) is 6.57. The number of hydrogen-bond acceptors (Lipinski definition) is 9. The fourth-order valence-electron chi connectivity index (χ4n) is 3.77. The largest absolute Gasteiger partial charge is 0.488 e. The van der Waals surface area contributed by atoms with Crippen LogP contribution in [0.2, 0.25) is 0 Å². The van der Waals surface area contributed by atoms with Crippen LogP contribution in [-0.4, -0.2) is 44.4 Å². The van der Waals surface area contributed by atoms with Crippen LogP contribution in [0.4, 0.5) is 10.2 Å². The van der Waals surface area contributed by atoms with Gasteiger partial charge in [0.2, 0.25) is 5.89 Å². The third kappa shape index (κ3) is 4.61. The lowest BCUT2D eigenvalue weighted by atomic mass is 10.1. The van der Waals surface area contributed by atoms with Gasteiger partial charge in [-0.3, -0.25) is 4.98 Å². The highest BCUT2D eigenvalue weighted by Gasteiger charge is 2.21. The number of anilines is 1. The number of nitrogens with one attached hydrogen (secondary N) is 1. The zero-order valence-electron chi connectivity index (χ0n) is 18.3. The molecule has 5 rings (SSSR count). The number of rotatable bonds is 6. The molecule has 4 heterocycles. The Morgan fingerprint density at radius 2 is 2.00 bits per heavy atom. The van der Waals surface area contributed by atoms with E-state index in [4.69, 9.17) is 14.0 Å². The average Bonchev–Trinajstić information content (AvgIpc) is 3.27. The van der Waals surface area contributed by atoms with Crippen LogP contribution in [0, 0.1) is 12.7 Å². The lowest BCUT2D eigenvalue weighted by Crippen LogP contribution is -2.26. The lowest BCUT2D eigenvalue weighted by Gasteiger charge is -2.24. The molecule has 4 aromatic rings. The fourth-order valence-corrected chi connectivity index (χ4v) is 3.77. The molecule has 0 spiro atoms. The Hall–Kier alpha value is -3.66. The summed E-state index contributed by atoms with van der Waals surface area (Å²) in [5.74, 6) is 1.83. The Labute approximate surface area is 189 Å². The minimum absolute atomic E-state index is 0.0194. The molecule has 1 atom stereocenters. The van der Waals surface area contributed by atoms with Gasteiger partial charge >= 0.3 is 0 Å². The van der Waals surface area contributed by atoms with Gasteiger partial charge in [0.25, 0.3) is 0 Å². The Bertz CT molecular complexity index is 1260. The first-order chi connectivity index (χ1) is 16.1. The summed E-state index contributed by atoms with van der Waals surface area (Å²) in [5.41, 5.74) is 2.05. The second-order valence-corrected chi connectivity index (χ2v) is 7.92. The zero-order valence-corrected chi connectivity index (χ0v) is 18.3. The number of benzene rings is 1. The second kappa shape index (κ2) is 9.07. The molecule has 3 aromatic heterocycles. The summed E-state index contributed by atoms with van der Waals surface area (Å²) >= 11 is 0. The van der Waals surface area contributed by atoms with Crippen molar-refractivity contribution in [1.29, 1.82) is 0 Å². The lowest BCUT2D eigenvalue weighted by molar-refractivity contribution is 0.0261. The van der Waals surface area contributed by atoms with Crippen molar-refractivity contribution in [3.8, 4) is 17.0 Å². The molecule has 0 radical (unpaired) electrons. The van der Waals surface area contributed by atoms with Crippen LogP contribution in [-0.2, 0) is 4.74 Å². The normalized spacial score (nSPS) is 15.5. The third-order valence-corrected chi connectivity index (χ3v) is 5.47. The molecule has 33 heavy (non-hydrogen) atoms. The molecule has 0 unspecified atom stereocenters. The van der Waals surface area contributed by atoms with Gasteiger partial charge < -0.3 is 19.3 Å². The van der Waals surface area contributed by atoms with Crippen molar-refractivity contribution < 1.29 is 18.4 Å². The smallest absolute Gasteiger partial charge is 0.223 e.